The van der Waals surface area contributed by atoms with Crippen molar-refractivity contribution in [1.82, 2.24) is 10.3 Å². The number of nitrogens with zero attached hydrogens (tertiary/aromatic N) is 1. The number of hydrogen-bond donors (Lipinski definition) is 2. The van der Waals surface area contributed by atoms with Gasteiger partial charge in [-0.15, -0.1) is 0 Å². The minimum atomic E-state index is -0.822. The molecule has 0 aliphatic heterocycles. The summed E-state index contributed by atoms with van der Waals surface area (Å²) in [6.07, 6.45) is 2.30. The predicted molar refractivity (Wildman–Crippen MR) is 77.4 cm³/mol. The Morgan fingerprint density at radius 3 is 2.67 bits per heavy atom. The van der Waals surface area contributed by atoms with Crippen LogP contribution in [0.5, 0.6) is 0 Å². The summed E-state index contributed by atoms with van der Waals surface area (Å²) in [5, 5.41) is 12.1. The fraction of sp³-hybridized carbons (Fsp3) is 0.500. The SMILES string of the molecule is CC(C)C[C@@H](NCc1ncc(Br)cc1Br)C(=O)O. The average Bonchev–Trinajstić information content (AvgIpc) is 2.25. The van der Waals surface area contributed by atoms with E-state index in [2.05, 4.69) is 42.2 Å². The van der Waals surface area contributed by atoms with E-state index >= 15 is 0 Å². The molecule has 0 saturated carbocycles. The van der Waals surface area contributed by atoms with Crippen LogP contribution in [0.15, 0.2) is 21.2 Å². The van der Waals surface area contributed by atoms with Gasteiger partial charge in [0, 0.05) is 21.7 Å². The molecular formula is C12H16Br2N2O2. The first-order chi connectivity index (χ1) is 8.40. The van der Waals surface area contributed by atoms with Crippen LogP contribution in [0.25, 0.3) is 0 Å². The molecule has 1 heterocycles. The molecule has 0 amide bonds. The molecule has 100 valence electrons. The summed E-state index contributed by atoms with van der Waals surface area (Å²) >= 11 is 6.73. The van der Waals surface area contributed by atoms with Crippen molar-refractivity contribution in [1.29, 1.82) is 0 Å². The van der Waals surface area contributed by atoms with Gasteiger partial charge in [0.2, 0.25) is 0 Å². The summed E-state index contributed by atoms with van der Waals surface area (Å²) in [5.41, 5.74) is 0.799. The van der Waals surface area contributed by atoms with Gasteiger partial charge in [0.25, 0.3) is 0 Å². The highest BCUT2D eigenvalue weighted by molar-refractivity contribution is 9.11. The molecule has 0 bridgehead atoms. The second-order valence-corrected chi connectivity index (χ2v) is 6.25. The van der Waals surface area contributed by atoms with Crippen LogP contribution in [-0.4, -0.2) is 22.1 Å². The van der Waals surface area contributed by atoms with E-state index in [1.54, 1.807) is 6.20 Å². The number of rotatable bonds is 6. The highest BCUT2D eigenvalue weighted by Crippen LogP contribution is 2.19. The second kappa shape index (κ2) is 7.21. The fourth-order valence-corrected chi connectivity index (χ4v) is 2.66. The quantitative estimate of drug-likeness (QED) is 0.796. The number of aromatic nitrogens is 1. The maximum absolute atomic E-state index is 11.1. The summed E-state index contributed by atoms with van der Waals surface area (Å²) in [5.74, 6) is -0.489. The topological polar surface area (TPSA) is 62.2 Å². The molecule has 1 aromatic rings. The minimum Gasteiger partial charge on any atom is -0.480 e. The zero-order chi connectivity index (χ0) is 13.7. The Morgan fingerprint density at radius 2 is 2.17 bits per heavy atom. The van der Waals surface area contributed by atoms with E-state index in [0.717, 1.165) is 14.6 Å². The van der Waals surface area contributed by atoms with Crippen LogP contribution in [-0.2, 0) is 11.3 Å². The number of carbonyl (C=O) groups is 1. The Morgan fingerprint density at radius 1 is 1.50 bits per heavy atom. The van der Waals surface area contributed by atoms with Gasteiger partial charge in [-0.05, 0) is 50.3 Å². The van der Waals surface area contributed by atoms with Gasteiger partial charge >= 0.3 is 5.97 Å². The van der Waals surface area contributed by atoms with Gasteiger partial charge in [-0.25, -0.2) is 0 Å². The lowest BCUT2D eigenvalue weighted by Crippen LogP contribution is -2.37. The van der Waals surface area contributed by atoms with Crippen LogP contribution in [0, 0.1) is 5.92 Å². The number of carboxylic acid groups (broad SMARTS) is 1. The Hall–Kier alpha value is -0.460. The molecule has 0 unspecified atom stereocenters. The Balaban J connectivity index is 2.64. The van der Waals surface area contributed by atoms with E-state index in [0.29, 0.717) is 18.9 Å². The number of halogens is 2. The van der Waals surface area contributed by atoms with Crippen LogP contribution < -0.4 is 5.32 Å². The molecular weight excluding hydrogens is 364 g/mol. The second-order valence-electron chi connectivity index (χ2n) is 4.48. The zero-order valence-electron chi connectivity index (χ0n) is 10.3. The lowest BCUT2D eigenvalue weighted by molar-refractivity contribution is -0.140. The van der Waals surface area contributed by atoms with Crippen LogP contribution in [0.4, 0.5) is 0 Å². The highest BCUT2D eigenvalue weighted by Gasteiger charge is 2.18. The van der Waals surface area contributed by atoms with Crippen molar-refractivity contribution in [3.05, 3.63) is 26.9 Å². The van der Waals surface area contributed by atoms with Crippen molar-refractivity contribution >= 4 is 37.8 Å². The molecule has 0 radical (unpaired) electrons. The zero-order valence-corrected chi connectivity index (χ0v) is 13.5. The first-order valence-corrected chi connectivity index (χ1v) is 7.25. The molecule has 0 fully saturated rings. The third kappa shape index (κ3) is 5.04. The normalized spacial score (nSPS) is 12.7. The Kier molecular flexibility index (Phi) is 6.25. The van der Waals surface area contributed by atoms with Gasteiger partial charge in [-0.3, -0.25) is 15.1 Å². The smallest absolute Gasteiger partial charge is 0.320 e. The maximum Gasteiger partial charge on any atom is 0.320 e. The van der Waals surface area contributed by atoms with Gasteiger partial charge in [0.15, 0.2) is 0 Å². The predicted octanol–water partition coefficient (Wildman–Crippen LogP) is 3.20. The van der Waals surface area contributed by atoms with Crippen molar-refractivity contribution in [3.8, 4) is 0 Å². The molecule has 0 aromatic carbocycles. The standard InChI is InChI=1S/C12H16Br2N2O2/c1-7(2)3-10(12(17)18)16-6-11-9(14)4-8(13)5-15-11/h4-5,7,10,16H,3,6H2,1-2H3,(H,17,18)/t10-/m1/s1. The van der Waals surface area contributed by atoms with Gasteiger partial charge in [0.05, 0.1) is 5.69 Å². The van der Waals surface area contributed by atoms with Crippen molar-refractivity contribution in [2.45, 2.75) is 32.9 Å². The fourth-order valence-electron chi connectivity index (χ4n) is 1.54. The molecule has 0 aliphatic carbocycles. The first-order valence-electron chi connectivity index (χ1n) is 5.66. The van der Waals surface area contributed by atoms with E-state index in [1.165, 1.54) is 0 Å². The number of hydrogen-bond acceptors (Lipinski definition) is 3. The van der Waals surface area contributed by atoms with Crippen LogP contribution >= 0.6 is 31.9 Å². The molecule has 1 atom stereocenters. The molecule has 1 rings (SSSR count). The van der Waals surface area contributed by atoms with E-state index < -0.39 is 12.0 Å². The lowest BCUT2D eigenvalue weighted by Gasteiger charge is -2.16. The highest BCUT2D eigenvalue weighted by atomic mass is 79.9. The molecule has 4 nitrogen and oxygen atoms in total. The summed E-state index contributed by atoms with van der Waals surface area (Å²) in [4.78, 5) is 15.3. The number of pyridine rings is 1. The van der Waals surface area contributed by atoms with E-state index in [-0.39, 0.29) is 0 Å². The average molecular weight is 380 g/mol. The monoisotopic (exact) mass is 378 g/mol. The third-order valence-corrected chi connectivity index (χ3v) is 3.53. The van der Waals surface area contributed by atoms with Crippen LogP contribution in [0.1, 0.15) is 26.0 Å². The lowest BCUT2D eigenvalue weighted by atomic mass is 10.0. The first kappa shape index (κ1) is 15.6. The van der Waals surface area contributed by atoms with Gasteiger partial charge in [-0.2, -0.15) is 0 Å². The van der Waals surface area contributed by atoms with Crippen molar-refractivity contribution < 1.29 is 9.90 Å². The molecule has 18 heavy (non-hydrogen) atoms. The van der Waals surface area contributed by atoms with E-state index in [9.17, 15) is 4.79 Å². The summed E-state index contributed by atoms with van der Waals surface area (Å²) in [7, 11) is 0. The van der Waals surface area contributed by atoms with E-state index in [1.807, 2.05) is 19.9 Å². The maximum atomic E-state index is 11.1. The van der Waals surface area contributed by atoms with Gasteiger partial charge in [-0.1, -0.05) is 13.8 Å². The molecule has 0 saturated heterocycles. The van der Waals surface area contributed by atoms with Crippen LogP contribution in [0.3, 0.4) is 0 Å². The van der Waals surface area contributed by atoms with Crippen molar-refractivity contribution in [3.63, 3.8) is 0 Å². The molecule has 0 aliphatic rings. The summed E-state index contributed by atoms with van der Waals surface area (Å²) in [6, 6.07) is 1.35. The summed E-state index contributed by atoms with van der Waals surface area (Å²) in [6.45, 7) is 4.44. The number of carboxylic acids is 1. The summed E-state index contributed by atoms with van der Waals surface area (Å²) < 4.78 is 1.74. The van der Waals surface area contributed by atoms with Gasteiger partial charge < -0.3 is 5.11 Å². The van der Waals surface area contributed by atoms with Crippen LogP contribution in [0.2, 0.25) is 0 Å². The van der Waals surface area contributed by atoms with E-state index in [4.69, 9.17) is 5.11 Å². The Bertz CT molecular complexity index is 425. The number of nitrogens with one attached hydrogen (secondary N) is 1. The minimum absolute atomic E-state index is 0.333. The third-order valence-electron chi connectivity index (χ3n) is 2.41. The van der Waals surface area contributed by atoms with Gasteiger partial charge in [0.1, 0.15) is 6.04 Å². The van der Waals surface area contributed by atoms with Crippen molar-refractivity contribution in [2.24, 2.45) is 5.92 Å². The Labute approximate surface area is 123 Å². The molecule has 1 aromatic heterocycles. The largest absolute Gasteiger partial charge is 0.480 e. The molecule has 6 heteroatoms. The number of aliphatic carboxylic acids is 1. The van der Waals surface area contributed by atoms with Crippen molar-refractivity contribution in [2.75, 3.05) is 0 Å². The molecule has 0 spiro atoms. The molecule has 2 N–H and O–H groups in total.